The Morgan fingerprint density at radius 1 is 0.361 bits per heavy atom. The van der Waals surface area contributed by atoms with Gasteiger partial charge in [0.25, 0.3) is 0 Å². The van der Waals surface area contributed by atoms with Crippen molar-refractivity contribution in [3.05, 3.63) is 209 Å². The molecule has 12 rings (SSSR count). The van der Waals surface area contributed by atoms with E-state index in [0.717, 1.165) is 5.69 Å². The second-order valence-electron chi connectivity index (χ2n) is 19.1. The van der Waals surface area contributed by atoms with E-state index in [0.29, 0.717) is 0 Å². The predicted octanol–water partition coefficient (Wildman–Crippen LogP) is 16.3. The number of hydrogen-bond acceptors (Lipinski definition) is 1. The van der Waals surface area contributed by atoms with Crippen LogP contribution in [0.2, 0.25) is 0 Å². The summed E-state index contributed by atoms with van der Waals surface area (Å²) in [6, 6.07) is 67.2. The van der Waals surface area contributed by atoms with Gasteiger partial charge in [-0.25, -0.2) is 0 Å². The Morgan fingerprint density at radius 2 is 0.902 bits per heavy atom. The highest BCUT2D eigenvalue weighted by molar-refractivity contribution is 5.99. The van der Waals surface area contributed by atoms with Gasteiger partial charge in [0.15, 0.2) is 0 Å². The molecule has 4 aliphatic rings. The van der Waals surface area contributed by atoms with Gasteiger partial charge in [0, 0.05) is 33.2 Å². The number of rotatable bonds is 5. The highest BCUT2D eigenvalue weighted by Crippen LogP contribution is 2.59. The lowest BCUT2D eigenvalue weighted by molar-refractivity contribution is 0.353. The van der Waals surface area contributed by atoms with Crippen molar-refractivity contribution in [2.24, 2.45) is 0 Å². The highest BCUT2D eigenvalue weighted by atomic mass is 15.1. The summed E-state index contributed by atoms with van der Waals surface area (Å²) in [6.07, 6.45) is 6.26. The number of nitrogens with zero attached hydrogens (tertiary/aromatic N) is 1. The van der Waals surface area contributed by atoms with E-state index in [1.807, 2.05) is 0 Å². The van der Waals surface area contributed by atoms with Gasteiger partial charge in [-0.05, 0) is 127 Å². The first-order valence-corrected chi connectivity index (χ1v) is 22.5. The van der Waals surface area contributed by atoms with Crippen molar-refractivity contribution in [2.45, 2.75) is 76.0 Å². The van der Waals surface area contributed by atoms with E-state index in [9.17, 15) is 0 Å². The quantitative estimate of drug-likeness (QED) is 0.168. The molecule has 0 unspecified atom stereocenters. The summed E-state index contributed by atoms with van der Waals surface area (Å²) in [5.74, 6) is 0. The molecule has 0 aromatic heterocycles. The Hall–Kier alpha value is -6.44. The fourth-order valence-corrected chi connectivity index (χ4v) is 12.5. The number of hydrogen-bond donors (Lipinski definition) is 0. The lowest BCUT2D eigenvalue weighted by Gasteiger charge is -2.37. The molecule has 8 aromatic carbocycles. The molecule has 0 heterocycles. The van der Waals surface area contributed by atoms with Crippen LogP contribution in [0.5, 0.6) is 0 Å². The van der Waals surface area contributed by atoms with Gasteiger partial charge in [-0.1, -0.05) is 193 Å². The van der Waals surface area contributed by atoms with Crippen LogP contribution in [0, 0.1) is 0 Å². The molecule has 61 heavy (non-hydrogen) atoms. The van der Waals surface area contributed by atoms with Gasteiger partial charge in [-0.3, -0.25) is 0 Å². The van der Waals surface area contributed by atoms with Crippen molar-refractivity contribution < 1.29 is 0 Å². The van der Waals surface area contributed by atoms with Gasteiger partial charge in [-0.2, -0.15) is 0 Å². The molecule has 8 aromatic rings. The Morgan fingerprint density at radius 3 is 1.69 bits per heavy atom. The summed E-state index contributed by atoms with van der Waals surface area (Å²) in [5.41, 5.74) is 25.3. The molecule has 1 fully saturated rings. The predicted molar refractivity (Wildman–Crippen MR) is 256 cm³/mol. The van der Waals surface area contributed by atoms with Crippen molar-refractivity contribution in [1.82, 2.24) is 0 Å². The van der Waals surface area contributed by atoms with Gasteiger partial charge in [0.2, 0.25) is 0 Å². The van der Waals surface area contributed by atoms with E-state index in [1.54, 1.807) is 0 Å². The van der Waals surface area contributed by atoms with Gasteiger partial charge in [0.05, 0.1) is 5.69 Å². The normalized spacial score (nSPS) is 16.6. The van der Waals surface area contributed by atoms with E-state index in [-0.39, 0.29) is 16.2 Å². The third-order valence-corrected chi connectivity index (χ3v) is 15.3. The smallest absolute Gasteiger partial charge is 0.0540 e. The standard InChI is InChI=1S/C60H51N/c1-58(2)51-29-11-8-24-49(51)56-47(26-18-31-53(56)58)46-23-9-13-32-55(46)61(41-33-34-45-43-21-7-12-30-52(43)60(54(45)38-41)35-14-5-15-36-60)40-20-16-19-39(37-40)42-25-17-27-48-44-22-6-10-28-50(44)59(3,4)57(42)48/h6-13,16-34,37-38H,5,14-15,35-36H2,1-4H3. The minimum Gasteiger partial charge on any atom is -0.310 e. The average molecular weight is 786 g/mol. The van der Waals surface area contributed by atoms with Crippen LogP contribution in [-0.4, -0.2) is 0 Å². The molecule has 0 bridgehead atoms. The number of anilines is 3. The van der Waals surface area contributed by atoms with E-state index in [4.69, 9.17) is 0 Å². The van der Waals surface area contributed by atoms with Crippen LogP contribution in [0.1, 0.15) is 93.2 Å². The van der Waals surface area contributed by atoms with E-state index in [2.05, 4.69) is 209 Å². The zero-order valence-electron chi connectivity index (χ0n) is 35.7. The van der Waals surface area contributed by atoms with Crippen molar-refractivity contribution in [3.8, 4) is 55.6 Å². The van der Waals surface area contributed by atoms with Crippen LogP contribution >= 0.6 is 0 Å². The summed E-state index contributed by atoms with van der Waals surface area (Å²) in [4.78, 5) is 2.58. The monoisotopic (exact) mass is 785 g/mol. The van der Waals surface area contributed by atoms with E-state index >= 15 is 0 Å². The second-order valence-corrected chi connectivity index (χ2v) is 19.1. The third-order valence-electron chi connectivity index (χ3n) is 15.3. The van der Waals surface area contributed by atoms with Crippen LogP contribution in [0.15, 0.2) is 176 Å². The zero-order chi connectivity index (χ0) is 41.1. The van der Waals surface area contributed by atoms with E-state index < -0.39 is 0 Å². The maximum atomic E-state index is 2.58. The molecule has 1 heteroatoms. The minimum atomic E-state index is -0.119. The van der Waals surface area contributed by atoms with Crippen LogP contribution in [0.25, 0.3) is 55.6 Å². The summed E-state index contributed by atoms with van der Waals surface area (Å²) >= 11 is 0. The molecule has 1 spiro atoms. The molecule has 0 atom stereocenters. The molecule has 0 aliphatic heterocycles. The zero-order valence-corrected chi connectivity index (χ0v) is 35.7. The van der Waals surface area contributed by atoms with E-state index in [1.165, 1.54) is 132 Å². The number of para-hydroxylation sites is 1. The Balaban J connectivity index is 1.09. The van der Waals surface area contributed by atoms with Crippen molar-refractivity contribution in [1.29, 1.82) is 0 Å². The fraction of sp³-hybridized carbons (Fsp3) is 0.200. The molecule has 0 radical (unpaired) electrons. The second kappa shape index (κ2) is 13.3. The Bertz CT molecular complexity index is 3080. The maximum absolute atomic E-state index is 2.58. The van der Waals surface area contributed by atoms with Gasteiger partial charge < -0.3 is 4.90 Å². The lowest BCUT2D eigenvalue weighted by atomic mass is 9.68. The largest absolute Gasteiger partial charge is 0.310 e. The Labute approximate surface area is 361 Å². The molecule has 0 saturated heterocycles. The van der Waals surface area contributed by atoms with Crippen LogP contribution in [0.3, 0.4) is 0 Å². The van der Waals surface area contributed by atoms with Gasteiger partial charge >= 0.3 is 0 Å². The molecule has 1 saturated carbocycles. The molecule has 296 valence electrons. The third kappa shape index (κ3) is 5.13. The summed E-state index contributed by atoms with van der Waals surface area (Å²) < 4.78 is 0. The summed E-state index contributed by atoms with van der Waals surface area (Å²) in [5, 5.41) is 0. The van der Waals surface area contributed by atoms with Crippen LogP contribution in [0.4, 0.5) is 17.1 Å². The average Bonchev–Trinajstić information content (AvgIpc) is 3.81. The van der Waals surface area contributed by atoms with Crippen LogP contribution in [-0.2, 0) is 16.2 Å². The van der Waals surface area contributed by atoms with Crippen molar-refractivity contribution in [3.63, 3.8) is 0 Å². The van der Waals surface area contributed by atoms with Crippen molar-refractivity contribution in [2.75, 3.05) is 4.90 Å². The molecule has 0 amide bonds. The fourth-order valence-electron chi connectivity index (χ4n) is 12.5. The molecular formula is C60H51N. The topological polar surface area (TPSA) is 3.24 Å². The van der Waals surface area contributed by atoms with Crippen LogP contribution < -0.4 is 4.90 Å². The molecule has 1 nitrogen and oxygen atoms in total. The first-order chi connectivity index (χ1) is 29.8. The summed E-state index contributed by atoms with van der Waals surface area (Å²) in [6.45, 7) is 9.56. The Kier molecular flexibility index (Phi) is 7.93. The minimum absolute atomic E-state index is 0.0496. The molecule has 4 aliphatic carbocycles. The first kappa shape index (κ1) is 36.4. The van der Waals surface area contributed by atoms with Crippen molar-refractivity contribution >= 4 is 17.1 Å². The van der Waals surface area contributed by atoms with Gasteiger partial charge in [0.1, 0.15) is 0 Å². The first-order valence-electron chi connectivity index (χ1n) is 22.5. The summed E-state index contributed by atoms with van der Waals surface area (Å²) in [7, 11) is 0. The lowest BCUT2D eigenvalue weighted by Crippen LogP contribution is -2.28. The molecule has 0 N–H and O–H groups in total. The highest BCUT2D eigenvalue weighted by Gasteiger charge is 2.44. The number of fused-ring (bicyclic) bond motifs is 11. The maximum Gasteiger partial charge on any atom is 0.0540 e. The SMILES string of the molecule is CC1(C)c2ccccc2-c2c(-c3ccccc3N(c3cccc(-c4cccc5c4C(C)(C)c4ccccc4-5)c3)c3ccc4c(c3)C3(CCCCC3)c3ccccc3-4)cccc21. The molecular weight excluding hydrogens is 735 g/mol. The van der Waals surface area contributed by atoms with Gasteiger partial charge in [-0.15, -0.1) is 0 Å². The number of benzene rings is 8.